The number of nitrogens with zero attached hydrogens (tertiary/aromatic N) is 1. The van der Waals surface area contributed by atoms with E-state index in [2.05, 4.69) is 10.5 Å². The van der Waals surface area contributed by atoms with Crippen LogP contribution >= 0.6 is 11.3 Å². The van der Waals surface area contributed by atoms with Crippen molar-refractivity contribution in [2.24, 2.45) is 0 Å². The molecular weight excluding hydrogens is 396 g/mol. The number of rotatable bonds is 7. The van der Waals surface area contributed by atoms with Gasteiger partial charge in [0.05, 0.1) is 21.7 Å². The van der Waals surface area contributed by atoms with E-state index < -0.39 is 24.4 Å². The number of hydrogen-bond donors (Lipinski definition) is 1. The van der Waals surface area contributed by atoms with E-state index in [0.29, 0.717) is 23.0 Å². The molecule has 150 valence electrons. The summed E-state index contributed by atoms with van der Waals surface area (Å²) in [6.45, 7) is 3.38. The van der Waals surface area contributed by atoms with Crippen LogP contribution in [0.4, 0.5) is 0 Å². The van der Waals surface area contributed by atoms with Crippen molar-refractivity contribution in [3.63, 3.8) is 0 Å². The number of carbonyl (C=O) groups excluding carboxylic acids is 3. The van der Waals surface area contributed by atoms with Gasteiger partial charge in [-0.05, 0) is 49.6 Å². The number of ether oxygens (including phenoxy) is 2. The Labute approximate surface area is 170 Å². The highest BCUT2D eigenvalue weighted by Crippen LogP contribution is 2.18. The first-order valence-corrected chi connectivity index (χ1v) is 9.51. The summed E-state index contributed by atoms with van der Waals surface area (Å²) in [4.78, 5) is 36.0. The van der Waals surface area contributed by atoms with Gasteiger partial charge in [0.15, 0.2) is 6.61 Å². The van der Waals surface area contributed by atoms with Crippen LogP contribution in [0.2, 0.25) is 0 Å². The van der Waals surface area contributed by atoms with E-state index >= 15 is 0 Å². The van der Waals surface area contributed by atoms with Gasteiger partial charge in [0, 0.05) is 0 Å². The molecule has 9 heteroatoms. The Kier molecular flexibility index (Phi) is 6.40. The van der Waals surface area contributed by atoms with Gasteiger partial charge < -0.3 is 14.0 Å². The SMILES string of the molecule is Cc1noc(C)c1COc1ccc(C(=O)OCC(=O)NC(=O)c2cccs2)cc1. The lowest BCUT2D eigenvalue weighted by molar-refractivity contribution is -0.123. The number of imide groups is 1. The van der Waals surface area contributed by atoms with Crippen molar-refractivity contribution in [2.45, 2.75) is 20.5 Å². The molecule has 3 aromatic rings. The second kappa shape index (κ2) is 9.16. The highest BCUT2D eigenvalue weighted by molar-refractivity contribution is 7.12. The molecule has 2 aromatic heterocycles. The summed E-state index contributed by atoms with van der Waals surface area (Å²) in [5.74, 6) is -0.655. The van der Waals surface area contributed by atoms with Gasteiger partial charge in [-0.3, -0.25) is 14.9 Å². The van der Waals surface area contributed by atoms with Crippen LogP contribution in [0.5, 0.6) is 5.75 Å². The molecule has 0 saturated carbocycles. The first-order valence-electron chi connectivity index (χ1n) is 8.63. The maximum Gasteiger partial charge on any atom is 0.338 e. The zero-order valence-corrected chi connectivity index (χ0v) is 16.6. The molecule has 0 radical (unpaired) electrons. The average molecular weight is 414 g/mol. The molecule has 29 heavy (non-hydrogen) atoms. The molecule has 3 rings (SSSR count). The summed E-state index contributed by atoms with van der Waals surface area (Å²) in [5.41, 5.74) is 1.89. The maximum absolute atomic E-state index is 12.1. The minimum atomic E-state index is -0.698. The number of aryl methyl sites for hydroxylation is 2. The van der Waals surface area contributed by atoms with Crippen LogP contribution in [0.3, 0.4) is 0 Å². The third-order valence-corrected chi connectivity index (χ3v) is 4.86. The Morgan fingerprint density at radius 1 is 1.14 bits per heavy atom. The van der Waals surface area contributed by atoms with E-state index in [4.69, 9.17) is 14.0 Å². The first-order chi connectivity index (χ1) is 13.9. The second-order valence-electron chi connectivity index (χ2n) is 6.05. The highest BCUT2D eigenvalue weighted by atomic mass is 32.1. The third-order valence-electron chi connectivity index (χ3n) is 3.99. The number of carbonyl (C=O) groups is 3. The molecule has 1 N–H and O–H groups in total. The lowest BCUT2D eigenvalue weighted by Gasteiger charge is -2.08. The summed E-state index contributed by atoms with van der Waals surface area (Å²) >= 11 is 1.21. The molecule has 2 heterocycles. The Morgan fingerprint density at radius 3 is 2.52 bits per heavy atom. The normalized spacial score (nSPS) is 10.4. The van der Waals surface area contributed by atoms with Crippen molar-refractivity contribution in [1.82, 2.24) is 10.5 Å². The van der Waals surface area contributed by atoms with Crippen molar-refractivity contribution in [3.8, 4) is 5.75 Å². The fourth-order valence-corrected chi connectivity index (χ4v) is 3.02. The quantitative estimate of drug-likeness (QED) is 0.592. The van der Waals surface area contributed by atoms with Crippen molar-refractivity contribution in [3.05, 3.63) is 69.2 Å². The summed E-state index contributed by atoms with van der Waals surface area (Å²) in [7, 11) is 0. The van der Waals surface area contributed by atoms with Crippen LogP contribution in [0, 0.1) is 13.8 Å². The molecule has 0 atom stereocenters. The zero-order valence-electron chi connectivity index (χ0n) is 15.8. The van der Waals surface area contributed by atoms with Crippen LogP contribution in [0.15, 0.2) is 46.3 Å². The van der Waals surface area contributed by atoms with Gasteiger partial charge in [0.1, 0.15) is 18.1 Å². The Hall–Kier alpha value is -3.46. The first kappa shape index (κ1) is 20.3. The van der Waals surface area contributed by atoms with Crippen molar-refractivity contribution < 1.29 is 28.4 Å². The van der Waals surface area contributed by atoms with Crippen molar-refractivity contribution in [1.29, 1.82) is 0 Å². The lowest BCUT2D eigenvalue weighted by atomic mass is 10.2. The van der Waals surface area contributed by atoms with E-state index in [0.717, 1.165) is 11.3 Å². The van der Waals surface area contributed by atoms with Crippen molar-refractivity contribution >= 4 is 29.1 Å². The molecule has 1 aromatic carbocycles. The van der Waals surface area contributed by atoms with Gasteiger partial charge in [-0.2, -0.15) is 0 Å². The van der Waals surface area contributed by atoms with E-state index in [1.165, 1.54) is 23.5 Å². The summed E-state index contributed by atoms with van der Waals surface area (Å²) < 4.78 is 15.7. The standard InChI is InChI=1S/C20H18N2O6S/c1-12-16(13(2)28-22-12)10-26-15-7-5-14(6-8-15)20(25)27-11-18(23)21-19(24)17-4-3-9-29-17/h3-9H,10-11H2,1-2H3,(H,21,23,24). The molecule has 2 amide bonds. The molecule has 0 aliphatic carbocycles. The van der Waals surface area contributed by atoms with Gasteiger partial charge >= 0.3 is 5.97 Å². The van der Waals surface area contributed by atoms with E-state index in [1.54, 1.807) is 29.6 Å². The highest BCUT2D eigenvalue weighted by Gasteiger charge is 2.15. The molecule has 0 spiro atoms. The van der Waals surface area contributed by atoms with E-state index in [1.807, 2.05) is 13.8 Å². The Balaban J connectivity index is 1.47. The van der Waals surface area contributed by atoms with Gasteiger partial charge in [-0.25, -0.2) is 4.79 Å². The number of esters is 1. The molecule has 0 fully saturated rings. The molecule has 0 aliphatic rings. The van der Waals surface area contributed by atoms with Crippen molar-refractivity contribution in [2.75, 3.05) is 6.61 Å². The predicted octanol–water partition coefficient (Wildman–Crippen LogP) is 3.05. The number of amides is 2. The van der Waals surface area contributed by atoms with Gasteiger partial charge in [0.2, 0.25) is 0 Å². The van der Waals surface area contributed by atoms with Crippen LogP contribution < -0.4 is 10.1 Å². The minimum absolute atomic E-state index is 0.257. The van der Waals surface area contributed by atoms with Gasteiger partial charge in [-0.1, -0.05) is 11.2 Å². The topological polar surface area (TPSA) is 108 Å². The average Bonchev–Trinajstić information content (AvgIpc) is 3.36. The number of aromatic nitrogens is 1. The number of benzene rings is 1. The molecular formula is C20H18N2O6S. The zero-order chi connectivity index (χ0) is 20.8. The van der Waals surface area contributed by atoms with Crippen LogP contribution in [0.1, 0.15) is 37.0 Å². The molecule has 0 aliphatic heterocycles. The van der Waals surface area contributed by atoms with Crippen LogP contribution in [-0.4, -0.2) is 29.5 Å². The summed E-state index contributed by atoms with van der Waals surface area (Å²) in [5, 5.41) is 7.75. The molecule has 0 unspecified atom stereocenters. The Morgan fingerprint density at radius 2 is 1.90 bits per heavy atom. The molecule has 0 bridgehead atoms. The van der Waals surface area contributed by atoms with E-state index in [-0.39, 0.29) is 5.56 Å². The van der Waals surface area contributed by atoms with Crippen LogP contribution in [0.25, 0.3) is 0 Å². The third kappa shape index (κ3) is 5.29. The largest absolute Gasteiger partial charge is 0.489 e. The van der Waals surface area contributed by atoms with Gasteiger partial charge in [0.25, 0.3) is 11.8 Å². The predicted molar refractivity (Wildman–Crippen MR) is 104 cm³/mol. The van der Waals surface area contributed by atoms with Gasteiger partial charge in [-0.15, -0.1) is 11.3 Å². The number of nitrogens with one attached hydrogen (secondary N) is 1. The fraction of sp³-hybridized carbons (Fsp3) is 0.200. The Bertz CT molecular complexity index is 989. The molecule has 8 nitrogen and oxygen atoms in total. The fourth-order valence-electron chi connectivity index (χ4n) is 2.40. The lowest BCUT2D eigenvalue weighted by Crippen LogP contribution is -2.33. The smallest absolute Gasteiger partial charge is 0.338 e. The number of hydrogen-bond acceptors (Lipinski definition) is 8. The summed E-state index contributed by atoms with van der Waals surface area (Å²) in [6.07, 6.45) is 0. The minimum Gasteiger partial charge on any atom is -0.489 e. The summed E-state index contributed by atoms with van der Waals surface area (Å²) in [6, 6.07) is 9.59. The monoisotopic (exact) mass is 414 g/mol. The second-order valence-corrected chi connectivity index (χ2v) is 6.99. The number of thiophene rings is 1. The van der Waals surface area contributed by atoms with E-state index in [9.17, 15) is 14.4 Å². The van der Waals surface area contributed by atoms with Crippen LogP contribution in [-0.2, 0) is 16.1 Å². The molecule has 0 saturated heterocycles. The maximum atomic E-state index is 12.1.